The zero-order valence-corrected chi connectivity index (χ0v) is 16.1. The van der Waals surface area contributed by atoms with Crippen molar-refractivity contribution < 1.29 is 14.1 Å². The van der Waals surface area contributed by atoms with Crippen LogP contribution in [-0.2, 0) is 4.79 Å². The van der Waals surface area contributed by atoms with E-state index in [1.165, 1.54) is 37.3 Å². The molecule has 5 nitrogen and oxygen atoms in total. The molecule has 1 aromatic carbocycles. The summed E-state index contributed by atoms with van der Waals surface area (Å²) in [6.07, 6.45) is 6.67. The summed E-state index contributed by atoms with van der Waals surface area (Å²) >= 11 is 6.00. The molecule has 0 radical (unpaired) electrons. The molecule has 2 aliphatic heterocycles. The van der Waals surface area contributed by atoms with E-state index in [4.69, 9.17) is 16.0 Å². The molecule has 6 heteroatoms. The molecule has 4 rings (SSSR count). The van der Waals surface area contributed by atoms with Crippen LogP contribution in [0.25, 0.3) is 0 Å². The maximum absolute atomic E-state index is 13.0. The predicted octanol–water partition coefficient (Wildman–Crippen LogP) is 3.07. The number of nitrogens with zero attached hydrogens (tertiary/aromatic N) is 2. The zero-order chi connectivity index (χ0) is 18.6. The lowest BCUT2D eigenvalue weighted by Gasteiger charge is -2.25. The number of carbonyl (C=O) groups excluding carboxylic acids is 1. The molecule has 1 aromatic heterocycles. The van der Waals surface area contributed by atoms with E-state index in [0.717, 1.165) is 23.6 Å². The van der Waals surface area contributed by atoms with Gasteiger partial charge in [-0.3, -0.25) is 4.79 Å². The molecule has 1 saturated heterocycles. The van der Waals surface area contributed by atoms with Crippen molar-refractivity contribution in [3.63, 3.8) is 0 Å². The summed E-state index contributed by atoms with van der Waals surface area (Å²) in [5.74, 6) is 0.847. The number of amides is 1. The number of furan rings is 1. The minimum absolute atomic E-state index is 0.0680. The molecule has 0 aliphatic carbocycles. The van der Waals surface area contributed by atoms with Crippen LogP contribution < -0.4 is 4.90 Å². The summed E-state index contributed by atoms with van der Waals surface area (Å²) in [6, 6.07) is 11.2. The highest BCUT2D eigenvalue weighted by Gasteiger charge is 2.35. The first-order valence-electron chi connectivity index (χ1n) is 9.73. The lowest BCUT2D eigenvalue weighted by atomic mass is 10.0. The monoisotopic (exact) mass is 386 g/mol. The largest absolute Gasteiger partial charge is 0.467 e. The third kappa shape index (κ3) is 4.25. The van der Waals surface area contributed by atoms with E-state index in [2.05, 4.69) is 5.10 Å². The highest BCUT2D eigenvalue weighted by atomic mass is 35.5. The van der Waals surface area contributed by atoms with Gasteiger partial charge in [-0.1, -0.05) is 23.7 Å². The number of carbonyl (C=O) groups is 1. The SMILES string of the molecule is O=C(CC[NH+]1CCCCC1)N1N=C(c2ccc(Cl)cc2)C[C@@H]1c1ccco1. The minimum atomic E-state index is -0.172. The third-order valence-electron chi connectivity index (χ3n) is 5.47. The van der Waals surface area contributed by atoms with E-state index >= 15 is 0 Å². The zero-order valence-electron chi connectivity index (χ0n) is 15.4. The molecule has 1 atom stereocenters. The molecular weight excluding hydrogens is 362 g/mol. The van der Waals surface area contributed by atoms with Crippen LogP contribution in [0, 0.1) is 0 Å². The van der Waals surface area contributed by atoms with Gasteiger partial charge in [-0.25, -0.2) is 5.01 Å². The number of hydrazone groups is 1. The summed E-state index contributed by atoms with van der Waals surface area (Å²) in [5.41, 5.74) is 1.89. The number of likely N-dealkylation sites (tertiary alicyclic amines) is 1. The molecule has 2 aromatic rings. The number of rotatable bonds is 5. The average molecular weight is 387 g/mol. The fraction of sp³-hybridized carbons (Fsp3) is 0.429. The maximum Gasteiger partial charge on any atom is 0.249 e. The highest BCUT2D eigenvalue weighted by Crippen LogP contribution is 2.33. The second kappa shape index (κ2) is 8.28. The van der Waals surface area contributed by atoms with E-state index < -0.39 is 0 Å². The Labute approximate surface area is 164 Å². The van der Waals surface area contributed by atoms with Gasteiger partial charge in [-0.2, -0.15) is 5.10 Å². The standard InChI is InChI=1S/C21H24ClN3O2/c22-17-8-6-16(7-9-17)18-15-19(20-5-4-14-27-20)25(23-18)21(26)10-13-24-11-2-1-3-12-24/h4-9,14,19H,1-3,10-13,15H2/p+1/t19-/m1/s1. The van der Waals surface area contributed by atoms with Gasteiger partial charge >= 0.3 is 0 Å². The number of nitrogens with one attached hydrogen (secondary N) is 1. The second-order valence-electron chi connectivity index (χ2n) is 7.34. The molecule has 142 valence electrons. The van der Waals surface area contributed by atoms with Crippen molar-refractivity contribution in [1.82, 2.24) is 5.01 Å². The smallest absolute Gasteiger partial charge is 0.249 e. The van der Waals surface area contributed by atoms with Gasteiger partial charge in [0.05, 0.1) is 38.0 Å². The quantitative estimate of drug-likeness (QED) is 0.858. The van der Waals surface area contributed by atoms with Crippen LogP contribution in [0.15, 0.2) is 52.2 Å². The Morgan fingerprint density at radius 3 is 2.67 bits per heavy atom. The van der Waals surface area contributed by atoms with Crippen molar-refractivity contribution in [3.8, 4) is 0 Å². The third-order valence-corrected chi connectivity index (χ3v) is 5.72. The fourth-order valence-corrected chi connectivity index (χ4v) is 4.09. The Hall–Kier alpha value is -2.11. The topological polar surface area (TPSA) is 50.2 Å². The molecule has 0 bridgehead atoms. The van der Waals surface area contributed by atoms with Crippen molar-refractivity contribution in [2.45, 2.75) is 38.1 Å². The molecule has 1 N–H and O–H groups in total. The van der Waals surface area contributed by atoms with Gasteiger partial charge in [0.25, 0.3) is 0 Å². The predicted molar refractivity (Wildman–Crippen MR) is 105 cm³/mol. The van der Waals surface area contributed by atoms with Gasteiger partial charge in [0.15, 0.2) is 0 Å². The molecule has 0 spiro atoms. The lowest BCUT2D eigenvalue weighted by Crippen LogP contribution is -3.12. The highest BCUT2D eigenvalue weighted by molar-refractivity contribution is 6.30. The molecule has 0 saturated carbocycles. The average Bonchev–Trinajstić information content (AvgIpc) is 3.37. The molecule has 2 aliphatic rings. The van der Waals surface area contributed by atoms with Crippen molar-refractivity contribution in [2.24, 2.45) is 5.10 Å². The Balaban J connectivity index is 1.50. The van der Waals surface area contributed by atoms with E-state index in [-0.39, 0.29) is 11.9 Å². The van der Waals surface area contributed by atoms with Crippen molar-refractivity contribution in [3.05, 3.63) is 59.0 Å². The summed E-state index contributed by atoms with van der Waals surface area (Å²) < 4.78 is 5.60. The van der Waals surface area contributed by atoms with Gasteiger partial charge in [0, 0.05) is 11.4 Å². The number of benzene rings is 1. The number of halogens is 1. The van der Waals surface area contributed by atoms with Gasteiger partial charge in [-0.15, -0.1) is 0 Å². The number of quaternary nitrogens is 1. The van der Waals surface area contributed by atoms with Gasteiger partial charge in [-0.05, 0) is 49.1 Å². The van der Waals surface area contributed by atoms with Crippen LogP contribution in [-0.4, -0.2) is 36.3 Å². The normalized spacial score (nSPS) is 20.7. The van der Waals surface area contributed by atoms with Crippen LogP contribution in [0.1, 0.15) is 49.5 Å². The molecule has 27 heavy (non-hydrogen) atoms. The van der Waals surface area contributed by atoms with Crippen molar-refractivity contribution in [1.29, 1.82) is 0 Å². The lowest BCUT2D eigenvalue weighted by molar-refractivity contribution is -0.904. The Bertz CT molecular complexity index is 795. The van der Waals surface area contributed by atoms with Crippen molar-refractivity contribution >= 4 is 23.2 Å². The second-order valence-corrected chi connectivity index (χ2v) is 7.77. The Morgan fingerprint density at radius 1 is 1.19 bits per heavy atom. The van der Waals surface area contributed by atoms with Crippen LogP contribution in [0.3, 0.4) is 0 Å². The van der Waals surface area contributed by atoms with E-state index in [9.17, 15) is 4.79 Å². The van der Waals surface area contributed by atoms with Crippen molar-refractivity contribution in [2.75, 3.05) is 19.6 Å². The first-order valence-corrected chi connectivity index (χ1v) is 10.1. The number of hydrogen-bond acceptors (Lipinski definition) is 3. The summed E-state index contributed by atoms with van der Waals surface area (Å²) in [6.45, 7) is 3.23. The molecular formula is C21H25ClN3O2+. The Kier molecular flexibility index (Phi) is 5.60. The molecule has 3 heterocycles. The number of piperidine rings is 1. The summed E-state index contributed by atoms with van der Waals surface area (Å²) in [4.78, 5) is 14.5. The van der Waals surface area contributed by atoms with Gasteiger partial charge in [0.1, 0.15) is 11.8 Å². The number of hydrogen-bond donors (Lipinski definition) is 1. The van der Waals surface area contributed by atoms with Gasteiger partial charge in [0.2, 0.25) is 5.91 Å². The van der Waals surface area contributed by atoms with E-state index in [1.54, 1.807) is 11.3 Å². The van der Waals surface area contributed by atoms with Crippen LogP contribution in [0.2, 0.25) is 5.02 Å². The van der Waals surface area contributed by atoms with E-state index in [1.807, 2.05) is 36.4 Å². The fourth-order valence-electron chi connectivity index (χ4n) is 3.96. The molecule has 1 fully saturated rings. The first-order chi connectivity index (χ1) is 13.2. The molecule has 0 unspecified atom stereocenters. The first kappa shape index (κ1) is 18.3. The summed E-state index contributed by atoms with van der Waals surface area (Å²) in [7, 11) is 0. The van der Waals surface area contributed by atoms with E-state index in [0.29, 0.717) is 17.9 Å². The van der Waals surface area contributed by atoms with Crippen LogP contribution in [0.5, 0.6) is 0 Å². The maximum atomic E-state index is 13.0. The van der Waals surface area contributed by atoms with Crippen LogP contribution >= 0.6 is 11.6 Å². The Morgan fingerprint density at radius 2 is 1.96 bits per heavy atom. The molecule has 1 amide bonds. The minimum Gasteiger partial charge on any atom is -0.467 e. The summed E-state index contributed by atoms with van der Waals surface area (Å²) in [5, 5.41) is 7.00. The van der Waals surface area contributed by atoms with Crippen LogP contribution in [0.4, 0.5) is 0 Å². The van der Waals surface area contributed by atoms with Gasteiger partial charge < -0.3 is 9.32 Å².